The van der Waals surface area contributed by atoms with Gasteiger partial charge >= 0.3 is 5.97 Å². The summed E-state index contributed by atoms with van der Waals surface area (Å²) >= 11 is 1.63. The molecule has 3 heterocycles. The first-order valence-electron chi connectivity index (χ1n) is 10.8. The molecule has 0 saturated carbocycles. The third-order valence-corrected chi connectivity index (χ3v) is 7.32. The van der Waals surface area contributed by atoms with Crippen LogP contribution in [0.5, 0.6) is 0 Å². The van der Waals surface area contributed by atoms with Crippen molar-refractivity contribution >= 4 is 23.0 Å². The van der Waals surface area contributed by atoms with Gasteiger partial charge in [0.05, 0.1) is 23.8 Å². The van der Waals surface area contributed by atoms with Crippen LogP contribution in [0.15, 0.2) is 53.5 Å². The Morgan fingerprint density at radius 2 is 1.79 bits per heavy atom. The Morgan fingerprint density at radius 3 is 2.50 bits per heavy atom. The summed E-state index contributed by atoms with van der Waals surface area (Å²) in [7, 11) is 0. The van der Waals surface area contributed by atoms with Crippen LogP contribution in [-0.4, -0.2) is 31.6 Å². The smallest absolute Gasteiger partial charge is 0.306 e. The highest BCUT2D eigenvalue weighted by Crippen LogP contribution is 2.39. The topological polar surface area (TPSA) is 104 Å². The van der Waals surface area contributed by atoms with Gasteiger partial charge < -0.3 is 5.11 Å². The van der Waals surface area contributed by atoms with Crippen molar-refractivity contribution in [2.24, 2.45) is 4.99 Å². The number of benzene rings is 2. The lowest BCUT2D eigenvalue weighted by molar-refractivity contribution is -0.137. The fraction of sp³-hybridized carbons (Fsp3) is 0.192. The third-order valence-electron chi connectivity index (χ3n) is 6.12. The van der Waals surface area contributed by atoms with E-state index in [2.05, 4.69) is 30.1 Å². The number of carboxylic acids is 1. The van der Waals surface area contributed by atoms with Gasteiger partial charge in [0.2, 0.25) is 0 Å². The van der Waals surface area contributed by atoms with Crippen molar-refractivity contribution < 1.29 is 9.90 Å². The normalized spacial score (nSPS) is 14.5. The van der Waals surface area contributed by atoms with Gasteiger partial charge in [-0.3, -0.25) is 14.4 Å². The summed E-state index contributed by atoms with van der Waals surface area (Å²) in [5, 5.41) is 28.5. The maximum Gasteiger partial charge on any atom is 0.306 e. The van der Waals surface area contributed by atoms with Crippen LogP contribution >= 0.6 is 11.3 Å². The Morgan fingerprint density at radius 1 is 1.09 bits per heavy atom. The number of thiophene rings is 1. The van der Waals surface area contributed by atoms with Crippen molar-refractivity contribution in [2.75, 3.05) is 0 Å². The fourth-order valence-electron chi connectivity index (χ4n) is 4.33. The summed E-state index contributed by atoms with van der Waals surface area (Å²) in [4.78, 5) is 17.8. The Kier molecular flexibility index (Phi) is 5.34. The van der Waals surface area contributed by atoms with Gasteiger partial charge in [-0.05, 0) is 43.5 Å². The maximum absolute atomic E-state index is 11.7. The van der Waals surface area contributed by atoms with Crippen LogP contribution in [0.1, 0.15) is 51.2 Å². The zero-order valence-corrected chi connectivity index (χ0v) is 19.7. The van der Waals surface area contributed by atoms with Gasteiger partial charge in [0, 0.05) is 16.0 Å². The minimum atomic E-state index is -0.943. The molecule has 0 aliphatic carbocycles. The molecule has 4 aromatic rings. The number of aliphatic carboxylic acids is 1. The number of fused-ring (bicyclic) bond motifs is 3. The van der Waals surface area contributed by atoms with Gasteiger partial charge in [0.1, 0.15) is 16.9 Å². The van der Waals surface area contributed by atoms with Crippen molar-refractivity contribution in [3.8, 4) is 22.2 Å². The lowest BCUT2D eigenvalue weighted by atomic mass is 9.95. The molecule has 1 atom stereocenters. The number of aryl methyl sites for hydroxylation is 2. The van der Waals surface area contributed by atoms with Crippen molar-refractivity contribution in [3.63, 3.8) is 0 Å². The second-order valence-electron chi connectivity index (χ2n) is 8.23. The van der Waals surface area contributed by atoms with Crippen LogP contribution in [0.25, 0.3) is 16.1 Å². The van der Waals surface area contributed by atoms with Gasteiger partial charge in [-0.25, -0.2) is 0 Å². The molecule has 2 aromatic carbocycles. The van der Waals surface area contributed by atoms with Crippen LogP contribution in [-0.2, 0) is 4.79 Å². The van der Waals surface area contributed by atoms with E-state index in [4.69, 9.17) is 4.99 Å². The van der Waals surface area contributed by atoms with Gasteiger partial charge in [-0.15, -0.1) is 21.5 Å². The van der Waals surface area contributed by atoms with Gasteiger partial charge in [-0.1, -0.05) is 42.5 Å². The van der Waals surface area contributed by atoms with Crippen LogP contribution < -0.4 is 0 Å². The molecule has 5 rings (SSSR count). The second-order valence-corrected chi connectivity index (χ2v) is 9.43. The highest BCUT2D eigenvalue weighted by atomic mass is 32.1. The molecule has 1 aliphatic rings. The van der Waals surface area contributed by atoms with Crippen LogP contribution in [0.2, 0.25) is 0 Å². The number of carbonyl (C=O) groups is 1. The summed E-state index contributed by atoms with van der Waals surface area (Å²) in [6.45, 7) is 6.01. The molecular weight excluding hydrogens is 446 g/mol. The molecule has 0 amide bonds. The summed E-state index contributed by atoms with van der Waals surface area (Å²) in [5.74, 6) is 0.298. The van der Waals surface area contributed by atoms with E-state index in [0.29, 0.717) is 17.2 Å². The van der Waals surface area contributed by atoms with E-state index in [0.717, 1.165) is 43.4 Å². The van der Waals surface area contributed by atoms with E-state index in [1.807, 2.05) is 54.0 Å². The first kappa shape index (κ1) is 21.7. The zero-order valence-electron chi connectivity index (χ0n) is 18.9. The number of nitrogens with zero attached hydrogens (tertiary/aromatic N) is 5. The lowest BCUT2D eigenvalue weighted by Gasteiger charge is -2.12. The zero-order chi connectivity index (χ0) is 24.0. The molecule has 1 N–H and O–H groups in total. The fourth-order valence-corrected chi connectivity index (χ4v) is 5.54. The van der Waals surface area contributed by atoms with Crippen molar-refractivity contribution in [2.45, 2.75) is 33.2 Å². The molecule has 0 fully saturated rings. The number of aliphatic imine (C=N–C) groups is 1. The number of hydrogen-bond donors (Lipinski definition) is 1. The summed E-state index contributed by atoms with van der Waals surface area (Å²) in [6.07, 6.45) is -0.178. The molecule has 0 unspecified atom stereocenters. The molecule has 8 heteroatoms. The van der Waals surface area contributed by atoms with E-state index < -0.39 is 12.0 Å². The molecule has 7 nitrogen and oxygen atoms in total. The minimum Gasteiger partial charge on any atom is -0.481 e. The largest absolute Gasteiger partial charge is 0.481 e. The van der Waals surface area contributed by atoms with Gasteiger partial charge in [0.25, 0.3) is 0 Å². The summed E-state index contributed by atoms with van der Waals surface area (Å²) in [6, 6.07) is 17.0. The van der Waals surface area contributed by atoms with E-state index in [9.17, 15) is 15.2 Å². The number of aromatic nitrogens is 3. The minimum absolute atomic E-state index is 0.178. The first-order chi connectivity index (χ1) is 16.4. The SMILES string of the molecule is Cc1sc2c(c1C)C(c1ccc(-c3ccccc3C#N)cc1)=N[C@@H](CC(=O)O)c1nnc(C)n1-2. The Bertz CT molecular complexity index is 1510. The monoisotopic (exact) mass is 467 g/mol. The number of nitriles is 1. The van der Waals surface area contributed by atoms with Gasteiger partial charge in [-0.2, -0.15) is 5.26 Å². The lowest BCUT2D eigenvalue weighted by Crippen LogP contribution is -2.10. The van der Waals surface area contributed by atoms with Crippen molar-refractivity contribution in [1.29, 1.82) is 5.26 Å². The summed E-state index contributed by atoms with van der Waals surface area (Å²) in [5.41, 5.74) is 6.12. The molecule has 34 heavy (non-hydrogen) atoms. The predicted octanol–water partition coefficient (Wildman–Crippen LogP) is 5.16. The third kappa shape index (κ3) is 3.51. The van der Waals surface area contributed by atoms with E-state index in [1.165, 1.54) is 0 Å². The maximum atomic E-state index is 11.7. The average Bonchev–Trinajstić information content (AvgIpc) is 3.31. The molecule has 168 valence electrons. The quantitative estimate of drug-likeness (QED) is 0.446. The molecule has 0 spiro atoms. The molecule has 2 aromatic heterocycles. The van der Waals surface area contributed by atoms with E-state index in [1.54, 1.807) is 17.4 Å². The average molecular weight is 468 g/mol. The van der Waals surface area contributed by atoms with Crippen molar-refractivity contribution in [1.82, 2.24) is 14.8 Å². The van der Waals surface area contributed by atoms with Crippen molar-refractivity contribution in [3.05, 3.63) is 87.3 Å². The van der Waals surface area contributed by atoms with Crippen LogP contribution in [0, 0.1) is 32.1 Å². The van der Waals surface area contributed by atoms with Crippen LogP contribution in [0.3, 0.4) is 0 Å². The standard InChI is InChI=1S/C26H21N5O2S/c1-14-15(2)34-26-23(14)24(28-21(12-22(32)33)25-30-29-16(3)31(25)26)18-10-8-17(9-11-18)20-7-5-4-6-19(20)13-27/h4-11,21H,12H2,1-3H3,(H,32,33)/t21-/m0/s1. The molecule has 0 radical (unpaired) electrons. The predicted molar refractivity (Wildman–Crippen MR) is 131 cm³/mol. The highest BCUT2D eigenvalue weighted by Gasteiger charge is 2.32. The molecule has 0 saturated heterocycles. The van der Waals surface area contributed by atoms with E-state index in [-0.39, 0.29) is 6.42 Å². The second kappa shape index (κ2) is 8.36. The Balaban J connectivity index is 1.69. The van der Waals surface area contributed by atoms with Crippen LogP contribution in [0.4, 0.5) is 0 Å². The summed E-state index contributed by atoms with van der Waals surface area (Å²) < 4.78 is 1.95. The number of hydrogen-bond acceptors (Lipinski definition) is 6. The highest BCUT2D eigenvalue weighted by molar-refractivity contribution is 7.15. The first-order valence-corrected chi connectivity index (χ1v) is 11.6. The molecule has 1 aliphatic heterocycles. The molecule has 0 bridgehead atoms. The number of rotatable bonds is 4. The number of carboxylic acid groups (broad SMARTS) is 1. The van der Waals surface area contributed by atoms with Gasteiger partial charge in [0.15, 0.2) is 5.82 Å². The molecular formula is C26H21N5O2S. The Hall–Kier alpha value is -4.09. The van der Waals surface area contributed by atoms with E-state index >= 15 is 0 Å². The Labute approximate surface area is 200 Å².